The number of sulfonamides is 1. The Balaban J connectivity index is 1.76. The van der Waals surface area contributed by atoms with Crippen molar-refractivity contribution in [1.29, 1.82) is 0 Å². The van der Waals surface area contributed by atoms with Gasteiger partial charge >= 0.3 is 0 Å². The number of anilines is 1. The molecule has 0 aromatic heterocycles. The average molecular weight is 417 g/mol. The number of piperidine rings is 1. The summed E-state index contributed by atoms with van der Waals surface area (Å²) in [6.07, 6.45) is 1.06. The molecule has 1 aliphatic heterocycles. The maximum atomic E-state index is 12.9. The fourth-order valence-electron chi connectivity index (χ4n) is 3.37. The van der Waals surface area contributed by atoms with Crippen LogP contribution in [0, 0.1) is 29.9 Å². The molecule has 154 valence electrons. The maximum absolute atomic E-state index is 12.9. The van der Waals surface area contributed by atoms with Crippen molar-refractivity contribution in [3.05, 3.63) is 63.7 Å². The van der Waals surface area contributed by atoms with Crippen molar-refractivity contribution in [3.8, 4) is 0 Å². The lowest BCUT2D eigenvalue weighted by molar-refractivity contribution is -0.384. The Morgan fingerprint density at radius 3 is 2.45 bits per heavy atom. The second-order valence-corrected chi connectivity index (χ2v) is 9.22. The number of amides is 1. The van der Waals surface area contributed by atoms with Gasteiger partial charge < -0.3 is 5.32 Å². The fourth-order valence-corrected chi connectivity index (χ4v) is 4.89. The third kappa shape index (κ3) is 4.63. The smallest absolute Gasteiger partial charge is 0.293 e. The Morgan fingerprint density at radius 2 is 1.79 bits per heavy atom. The summed E-state index contributed by atoms with van der Waals surface area (Å²) in [5, 5.41) is 13.9. The number of nitrogens with zero attached hydrogens (tertiary/aromatic N) is 2. The maximum Gasteiger partial charge on any atom is 0.293 e. The van der Waals surface area contributed by atoms with E-state index in [2.05, 4.69) is 5.32 Å². The number of aryl methyl sites for hydroxylation is 2. The molecule has 1 atom stereocenters. The molecule has 8 nitrogen and oxygen atoms in total. The van der Waals surface area contributed by atoms with Gasteiger partial charge in [-0.25, -0.2) is 8.42 Å². The van der Waals surface area contributed by atoms with Crippen LogP contribution < -0.4 is 5.32 Å². The molecule has 2 aromatic rings. The molecule has 29 heavy (non-hydrogen) atoms. The number of benzene rings is 2. The molecule has 0 bridgehead atoms. The van der Waals surface area contributed by atoms with E-state index in [9.17, 15) is 23.3 Å². The first kappa shape index (κ1) is 20.9. The van der Waals surface area contributed by atoms with Gasteiger partial charge in [-0.15, -0.1) is 0 Å². The van der Waals surface area contributed by atoms with E-state index in [1.165, 1.54) is 16.4 Å². The van der Waals surface area contributed by atoms with E-state index in [1.807, 2.05) is 6.92 Å². The van der Waals surface area contributed by atoms with Gasteiger partial charge in [0, 0.05) is 19.2 Å². The van der Waals surface area contributed by atoms with Gasteiger partial charge in [0.1, 0.15) is 5.69 Å². The molecule has 1 heterocycles. The Morgan fingerprint density at radius 1 is 1.14 bits per heavy atom. The zero-order chi connectivity index (χ0) is 21.2. The number of nitro benzene ring substituents is 1. The van der Waals surface area contributed by atoms with E-state index in [1.54, 1.807) is 37.3 Å². The summed E-state index contributed by atoms with van der Waals surface area (Å²) in [7, 11) is -3.70. The molecule has 1 amide bonds. The first-order valence-electron chi connectivity index (χ1n) is 9.31. The van der Waals surface area contributed by atoms with Gasteiger partial charge in [0.2, 0.25) is 15.9 Å². The quantitative estimate of drug-likeness (QED) is 0.593. The lowest BCUT2D eigenvalue weighted by Crippen LogP contribution is -2.43. The van der Waals surface area contributed by atoms with Crippen LogP contribution in [0.3, 0.4) is 0 Å². The third-order valence-electron chi connectivity index (χ3n) is 5.02. The number of hydrogen-bond acceptors (Lipinski definition) is 5. The average Bonchev–Trinajstić information content (AvgIpc) is 2.69. The highest BCUT2D eigenvalue weighted by Crippen LogP contribution is 2.28. The highest BCUT2D eigenvalue weighted by molar-refractivity contribution is 7.89. The van der Waals surface area contributed by atoms with Gasteiger partial charge in [0.05, 0.1) is 15.7 Å². The summed E-state index contributed by atoms with van der Waals surface area (Å²) >= 11 is 0. The van der Waals surface area contributed by atoms with Crippen LogP contribution in [0.1, 0.15) is 24.0 Å². The second kappa shape index (κ2) is 8.30. The summed E-state index contributed by atoms with van der Waals surface area (Å²) in [6.45, 7) is 3.99. The molecule has 0 saturated carbocycles. The topological polar surface area (TPSA) is 110 Å². The Hall–Kier alpha value is -2.78. The van der Waals surface area contributed by atoms with Crippen molar-refractivity contribution >= 4 is 27.3 Å². The summed E-state index contributed by atoms with van der Waals surface area (Å²) in [6, 6.07) is 11.2. The number of rotatable bonds is 5. The third-order valence-corrected chi connectivity index (χ3v) is 6.90. The van der Waals surface area contributed by atoms with Gasteiger partial charge in [-0.1, -0.05) is 23.8 Å². The largest absolute Gasteiger partial charge is 0.320 e. The first-order chi connectivity index (χ1) is 13.7. The van der Waals surface area contributed by atoms with E-state index in [0.29, 0.717) is 24.9 Å². The van der Waals surface area contributed by atoms with E-state index in [4.69, 9.17) is 0 Å². The monoisotopic (exact) mass is 417 g/mol. The molecule has 1 aliphatic rings. The van der Waals surface area contributed by atoms with Gasteiger partial charge in [-0.2, -0.15) is 4.31 Å². The molecule has 1 saturated heterocycles. The minimum Gasteiger partial charge on any atom is -0.320 e. The molecule has 9 heteroatoms. The molecule has 0 aliphatic carbocycles. The molecule has 1 fully saturated rings. The minimum atomic E-state index is -3.70. The van der Waals surface area contributed by atoms with Crippen molar-refractivity contribution in [3.63, 3.8) is 0 Å². The van der Waals surface area contributed by atoms with Gasteiger partial charge in [0.15, 0.2) is 0 Å². The Bertz CT molecular complexity index is 1030. The summed E-state index contributed by atoms with van der Waals surface area (Å²) in [5.74, 6) is -0.995. The van der Waals surface area contributed by atoms with E-state index >= 15 is 0 Å². The van der Waals surface area contributed by atoms with Crippen LogP contribution in [-0.2, 0) is 14.8 Å². The molecule has 2 aromatic carbocycles. The molecular weight excluding hydrogens is 394 g/mol. The van der Waals surface area contributed by atoms with Crippen LogP contribution in [0.2, 0.25) is 0 Å². The zero-order valence-corrected chi connectivity index (χ0v) is 17.1. The van der Waals surface area contributed by atoms with Crippen LogP contribution in [0.25, 0.3) is 0 Å². The van der Waals surface area contributed by atoms with Crippen LogP contribution in [0.4, 0.5) is 11.4 Å². The highest BCUT2D eigenvalue weighted by atomic mass is 32.2. The van der Waals surface area contributed by atoms with Crippen molar-refractivity contribution in [1.82, 2.24) is 4.31 Å². The Labute approximate surface area is 169 Å². The van der Waals surface area contributed by atoms with Crippen molar-refractivity contribution in [2.24, 2.45) is 5.92 Å². The normalized spacial score (nSPS) is 17.7. The summed E-state index contributed by atoms with van der Waals surface area (Å²) < 4.78 is 27.1. The number of nitro groups is 1. The predicted octanol–water partition coefficient (Wildman–Crippen LogP) is 3.25. The lowest BCUT2D eigenvalue weighted by atomic mass is 9.98. The molecule has 0 radical (unpaired) electrons. The number of carbonyl (C=O) groups excluding carboxylic acids is 1. The minimum absolute atomic E-state index is 0.0434. The van der Waals surface area contributed by atoms with Crippen LogP contribution >= 0.6 is 0 Å². The van der Waals surface area contributed by atoms with Crippen molar-refractivity contribution in [2.75, 3.05) is 18.4 Å². The number of nitrogens with one attached hydrogen (secondary N) is 1. The first-order valence-corrected chi connectivity index (χ1v) is 10.8. The zero-order valence-electron chi connectivity index (χ0n) is 16.3. The number of hydrogen-bond donors (Lipinski definition) is 1. The summed E-state index contributed by atoms with van der Waals surface area (Å²) in [5.41, 5.74) is 1.60. The van der Waals surface area contributed by atoms with Gasteiger partial charge in [-0.3, -0.25) is 14.9 Å². The van der Waals surface area contributed by atoms with Crippen LogP contribution in [-0.4, -0.2) is 36.6 Å². The van der Waals surface area contributed by atoms with Crippen molar-refractivity contribution in [2.45, 2.75) is 31.6 Å². The van der Waals surface area contributed by atoms with Crippen LogP contribution in [0.15, 0.2) is 47.4 Å². The Kier molecular flexibility index (Phi) is 5.99. The molecule has 1 unspecified atom stereocenters. The van der Waals surface area contributed by atoms with Crippen LogP contribution in [0.5, 0.6) is 0 Å². The molecule has 0 spiro atoms. The molecule has 1 N–H and O–H groups in total. The highest BCUT2D eigenvalue weighted by Gasteiger charge is 2.33. The number of carbonyl (C=O) groups is 1. The standard InChI is InChI=1S/C20H23N3O5S/c1-14-5-8-17(9-6-14)29(27,28)22-11-3-4-16(13-22)20(24)21-18-10-7-15(2)12-19(18)23(25)26/h5-10,12,16H,3-4,11,13H2,1-2H3,(H,21,24). The second-order valence-electron chi connectivity index (χ2n) is 7.28. The van der Waals surface area contributed by atoms with Gasteiger partial charge in [-0.05, 0) is 50.5 Å². The van der Waals surface area contributed by atoms with Gasteiger partial charge in [0.25, 0.3) is 5.69 Å². The van der Waals surface area contributed by atoms with E-state index in [-0.39, 0.29) is 22.8 Å². The van der Waals surface area contributed by atoms with E-state index in [0.717, 1.165) is 5.56 Å². The fraction of sp³-hybridized carbons (Fsp3) is 0.350. The van der Waals surface area contributed by atoms with Crippen molar-refractivity contribution < 1.29 is 18.1 Å². The van der Waals surface area contributed by atoms with E-state index < -0.39 is 26.8 Å². The molecular formula is C20H23N3O5S. The predicted molar refractivity (Wildman–Crippen MR) is 109 cm³/mol. The molecule has 3 rings (SSSR count). The summed E-state index contributed by atoms with van der Waals surface area (Å²) in [4.78, 5) is 23.6. The lowest BCUT2D eigenvalue weighted by Gasteiger charge is -2.31. The SMILES string of the molecule is Cc1ccc(S(=O)(=O)N2CCCC(C(=O)Nc3ccc(C)cc3[N+](=O)[O-])C2)cc1.